The number of benzene rings is 1. The molecule has 90 valence electrons. The lowest BCUT2D eigenvalue weighted by Crippen LogP contribution is -2.07. The van der Waals surface area contributed by atoms with Crippen molar-refractivity contribution in [3.8, 4) is 0 Å². The van der Waals surface area contributed by atoms with Crippen molar-refractivity contribution in [2.24, 2.45) is 0 Å². The van der Waals surface area contributed by atoms with E-state index >= 15 is 0 Å². The van der Waals surface area contributed by atoms with Crippen LogP contribution in [0.3, 0.4) is 0 Å². The van der Waals surface area contributed by atoms with Gasteiger partial charge in [-0.25, -0.2) is 9.18 Å². The highest BCUT2D eigenvalue weighted by Gasteiger charge is 2.14. The Morgan fingerprint density at radius 2 is 2.12 bits per heavy atom. The Bertz CT molecular complexity index is 496. The van der Waals surface area contributed by atoms with E-state index in [4.69, 9.17) is 5.11 Å². The van der Waals surface area contributed by atoms with Crippen LogP contribution in [-0.2, 0) is 9.53 Å². The number of carbonyl (C=O) groups excluding carboxylic acids is 2. The van der Waals surface area contributed by atoms with E-state index in [9.17, 15) is 14.0 Å². The van der Waals surface area contributed by atoms with Crippen LogP contribution in [0.4, 0.5) is 4.39 Å². The molecule has 17 heavy (non-hydrogen) atoms. The quantitative estimate of drug-likeness (QED) is 0.403. The molecule has 6 heteroatoms. The monoisotopic (exact) mass is 302 g/mol. The van der Waals surface area contributed by atoms with Gasteiger partial charge in [0.15, 0.2) is 5.78 Å². The smallest absolute Gasteiger partial charge is 0.373 e. The number of rotatable bonds is 3. The summed E-state index contributed by atoms with van der Waals surface area (Å²) in [7, 11) is 1.05. The summed E-state index contributed by atoms with van der Waals surface area (Å²) in [6.07, 6.45) is 0.609. The van der Waals surface area contributed by atoms with Crippen molar-refractivity contribution in [3.63, 3.8) is 0 Å². The molecule has 4 nitrogen and oxygen atoms in total. The topological polar surface area (TPSA) is 63.6 Å². The Labute approximate surface area is 105 Å². The highest BCUT2D eigenvalue weighted by Crippen LogP contribution is 2.16. The predicted octanol–water partition coefficient (Wildman–Crippen LogP) is 2.39. The van der Waals surface area contributed by atoms with Gasteiger partial charge >= 0.3 is 5.97 Å². The van der Waals surface area contributed by atoms with Gasteiger partial charge in [0.25, 0.3) is 0 Å². The third kappa shape index (κ3) is 3.39. The van der Waals surface area contributed by atoms with Crippen LogP contribution in [0.5, 0.6) is 0 Å². The van der Waals surface area contributed by atoms with E-state index in [2.05, 4.69) is 20.7 Å². The molecule has 0 saturated carbocycles. The summed E-state index contributed by atoms with van der Waals surface area (Å²) in [5.41, 5.74) is -0.247. The highest BCUT2D eigenvalue weighted by molar-refractivity contribution is 9.10. The molecule has 0 aliphatic rings. The molecule has 0 saturated heterocycles. The fourth-order valence-corrected chi connectivity index (χ4v) is 1.39. The number of allylic oxidation sites excluding steroid dienone is 1. The molecule has 0 heterocycles. The first-order valence-electron chi connectivity index (χ1n) is 4.44. The Hall–Kier alpha value is -1.69. The van der Waals surface area contributed by atoms with Crippen molar-refractivity contribution < 1.29 is 23.8 Å². The van der Waals surface area contributed by atoms with E-state index < -0.39 is 23.3 Å². The van der Waals surface area contributed by atoms with Gasteiger partial charge < -0.3 is 9.84 Å². The van der Waals surface area contributed by atoms with Crippen LogP contribution >= 0.6 is 15.9 Å². The first-order chi connectivity index (χ1) is 7.95. The Morgan fingerprint density at radius 1 is 1.47 bits per heavy atom. The van der Waals surface area contributed by atoms with E-state index in [0.717, 1.165) is 13.2 Å². The number of carbonyl (C=O) groups is 2. The van der Waals surface area contributed by atoms with Crippen molar-refractivity contribution in [2.45, 2.75) is 0 Å². The number of aliphatic hydroxyl groups excluding tert-OH is 1. The maximum absolute atomic E-state index is 13.4. The average molecular weight is 303 g/mol. The molecule has 0 aliphatic carbocycles. The standard InChI is InChI=1S/C11H8BrFO4/c1-17-11(16)10(15)5-9(14)7-3-2-6(12)4-8(7)13/h2-5,15H,1H3/b10-5-. The summed E-state index contributed by atoms with van der Waals surface area (Å²) in [4.78, 5) is 22.3. The number of hydrogen-bond donors (Lipinski definition) is 1. The van der Waals surface area contributed by atoms with E-state index in [1.165, 1.54) is 12.1 Å². The minimum atomic E-state index is -1.06. The number of esters is 1. The Kier molecular flexibility index (Phi) is 4.39. The third-order valence-electron chi connectivity index (χ3n) is 1.86. The van der Waals surface area contributed by atoms with Gasteiger partial charge in [-0.2, -0.15) is 0 Å². The Balaban J connectivity index is 3.02. The molecular formula is C11H8BrFO4. The molecule has 1 N–H and O–H groups in total. The van der Waals surface area contributed by atoms with Gasteiger partial charge in [-0.1, -0.05) is 15.9 Å². The summed E-state index contributed by atoms with van der Waals surface area (Å²) >= 11 is 3.04. The van der Waals surface area contributed by atoms with Crippen LogP contribution in [0.1, 0.15) is 10.4 Å². The number of ether oxygens (including phenoxy) is 1. The molecule has 1 rings (SSSR count). The van der Waals surface area contributed by atoms with Crippen LogP contribution in [0, 0.1) is 5.82 Å². The fourth-order valence-electron chi connectivity index (χ4n) is 1.05. The van der Waals surface area contributed by atoms with Crippen molar-refractivity contribution in [1.29, 1.82) is 0 Å². The lowest BCUT2D eigenvalue weighted by atomic mass is 10.1. The number of methoxy groups -OCH3 is 1. The van der Waals surface area contributed by atoms with Gasteiger partial charge in [0.2, 0.25) is 5.76 Å². The predicted molar refractivity (Wildman–Crippen MR) is 61.2 cm³/mol. The highest BCUT2D eigenvalue weighted by atomic mass is 79.9. The van der Waals surface area contributed by atoms with Gasteiger partial charge in [-0.15, -0.1) is 0 Å². The minimum Gasteiger partial charge on any atom is -0.502 e. The second kappa shape index (κ2) is 5.58. The minimum absolute atomic E-state index is 0.247. The van der Waals surface area contributed by atoms with Gasteiger partial charge in [0.05, 0.1) is 12.7 Å². The van der Waals surface area contributed by atoms with E-state index in [-0.39, 0.29) is 5.56 Å². The largest absolute Gasteiger partial charge is 0.502 e. The van der Waals surface area contributed by atoms with E-state index in [1.807, 2.05) is 0 Å². The molecule has 0 atom stereocenters. The fraction of sp³-hybridized carbons (Fsp3) is 0.0909. The number of ketones is 1. The molecule has 1 aromatic carbocycles. The molecular weight excluding hydrogens is 295 g/mol. The summed E-state index contributed by atoms with van der Waals surface area (Å²) in [6.45, 7) is 0. The first kappa shape index (κ1) is 13.4. The molecule has 1 aromatic rings. The summed E-state index contributed by atoms with van der Waals surface area (Å²) < 4.78 is 18.0. The summed E-state index contributed by atoms with van der Waals surface area (Å²) in [5, 5.41) is 9.13. The van der Waals surface area contributed by atoms with Crippen molar-refractivity contribution in [3.05, 3.63) is 45.9 Å². The molecule has 0 bridgehead atoms. The van der Waals surface area contributed by atoms with E-state index in [1.54, 1.807) is 0 Å². The lowest BCUT2D eigenvalue weighted by Gasteiger charge is -2.00. The van der Waals surface area contributed by atoms with Gasteiger partial charge in [0, 0.05) is 10.5 Å². The molecule has 0 aliphatic heterocycles. The first-order valence-corrected chi connectivity index (χ1v) is 5.23. The van der Waals surface area contributed by atoms with Crippen LogP contribution in [0.25, 0.3) is 0 Å². The zero-order valence-corrected chi connectivity index (χ0v) is 10.3. The summed E-state index contributed by atoms with van der Waals surface area (Å²) in [6, 6.07) is 3.82. The molecule has 0 fully saturated rings. The van der Waals surface area contributed by atoms with Crippen LogP contribution in [-0.4, -0.2) is 24.0 Å². The van der Waals surface area contributed by atoms with Crippen molar-refractivity contribution >= 4 is 27.7 Å². The van der Waals surface area contributed by atoms with Crippen molar-refractivity contribution in [2.75, 3.05) is 7.11 Å². The molecule has 0 amide bonds. The molecule has 0 unspecified atom stereocenters. The van der Waals surface area contributed by atoms with Gasteiger partial charge in [-0.3, -0.25) is 4.79 Å². The maximum Gasteiger partial charge on any atom is 0.373 e. The number of hydrogen-bond acceptors (Lipinski definition) is 4. The molecule has 0 radical (unpaired) electrons. The number of aliphatic hydroxyl groups is 1. The molecule has 0 aromatic heterocycles. The van der Waals surface area contributed by atoms with E-state index in [0.29, 0.717) is 10.5 Å². The number of halogens is 2. The summed E-state index contributed by atoms with van der Waals surface area (Å²) in [5.74, 6) is -3.51. The second-order valence-corrected chi connectivity index (χ2v) is 3.93. The SMILES string of the molecule is COC(=O)/C(O)=C/C(=O)c1ccc(Br)cc1F. The zero-order valence-electron chi connectivity index (χ0n) is 8.74. The van der Waals surface area contributed by atoms with Crippen LogP contribution < -0.4 is 0 Å². The Morgan fingerprint density at radius 3 is 2.65 bits per heavy atom. The van der Waals surface area contributed by atoms with Crippen LogP contribution in [0.2, 0.25) is 0 Å². The maximum atomic E-state index is 13.4. The van der Waals surface area contributed by atoms with Crippen molar-refractivity contribution in [1.82, 2.24) is 0 Å². The third-order valence-corrected chi connectivity index (χ3v) is 2.35. The van der Waals surface area contributed by atoms with Gasteiger partial charge in [-0.05, 0) is 18.2 Å². The molecule has 0 spiro atoms. The zero-order chi connectivity index (χ0) is 13.0. The average Bonchev–Trinajstić information content (AvgIpc) is 2.27. The van der Waals surface area contributed by atoms with Crippen LogP contribution in [0.15, 0.2) is 34.5 Å². The normalized spacial score (nSPS) is 11.1. The second-order valence-electron chi connectivity index (χ2n) is 3.01. The van der Waals surface area contributed by atoms with Gasteiger partial charge in [0.1, 0.15) is 5.82 Å². The lowest BCUT2D eigenvalue weighted by molar-refractivity contribution is -0.139.